The minimum atomic E-state index is -4.08. The number of sulfonamides is 1. The molecule has 0 saturated carbocycles. The van der Waals surface area contributed by atoms with Gasteiger partial charge >= 0.3 is 5.97 Å². The highest BCUT2D eigenvalue weighted by atomic mass is 32.2. The Bertz CT molecular complexity index is 1320. The fourth-order valence-electron chi connectivity index (χ4n) is 2.81. The van der Waals surface area contributed by atoms with Gasteiger partial charge in [0.25, 0.3) is 10.0 Å². The Morgan fingerprint density at radius 3 is 2.32 bits per heavy atom. The van der Waals surface area contributed by atoms with E-state index >= 15 is 0 Å². The first-order valence-corrected chi connectivity index (χ1v) is 12.2. The van der Waals surface area contributed by atoms with E-state index in [2.05, 4.69) is 4.72 Å². The lowest BCUT2D eigenvalue weighted by atomic mass is 10.1. The molecule has 28 heavy (non-hydrogen) atoms. The minimum Gasteiger partial charge on any atom is -0.478 e. The van der Waals surface area contributed by atoms with Gasteiger partial charge in [0.05, 0.1) is 16.1 Å². The maximum absolute atomic E-state index is 13.0. The quantitative estimate of drug-likeness (QED) is 0.629. The van der Waals surface area contributed by atoms with E-state index in [9.17, 15) is 21.6 Å². The number of hydrogen-bond donors (Lipinski definition) is 2. The minimum absolute atomic E-state index is 0.0786. The second kappa shape index (κ2) is 6.87. The summed E-state index contributed by atoms with van der Waals surface area (Å²) in [4.78, 5) is 10.7. The molecular formula is C18H17NO6S3. The number of anilines is 1. The number of rotatable bonds is 5. The number of aromatic carboxylic acids is 1. The van der Waals surface area contributed by atoms with Crippen LogP contribution in [0.25, 0.3) is 10.1 Å². The van der Waals surface area contributed by atoms with Gasteiger partial charge in [0.15, 0.2) is 9.84 Å². The summed E-state index contributed by atoms with van der Waals surface area (Å²) in [6, 6.07) is 8.85. The molecule has 0 fully saturated rings. The van der Waals surface area contributed by atoms with Crippen molar-refractivity contribution in [2.24, 2.45) is 0 Å². The van der Waals surface area contributed by atoms with Crippen molar-refractivity contribution in [1.29, 1.82) is 0 Å². The van der Waals surface area contributed by atoms with Crippen molar-refractivity contribution in [3.8, 4) is 0 Å². The van der Waals surface area contributed by atoms with Gasteiger partial charge in [-0.2, -0.15) is 0 Å². The van der Waals surface area contributed by atoms with E-state index in [0.717, 1.165) is 51.4 Å². The molecule has 0 aliphatic carbocycles. The van der Waals surface area contributed by atoms with Gasteiger partial charge in [-0.05, 0) is 49.1 Å². The maximum Gasteiger partial charge on any atom is 0.335 e. The van der Waals surface area contributed by atoms with Crippen LogP contribution in [0.4, 0.5) is 5.69 Å². The predicted octanol–water partition coefficient (Wildman–Crippen LogP) is 3.42. The number of nitrogens with one attached hydrogen (secondary N) is 1. The fourth-order valence-corrected chi connectivity index (χ4v) is 6.56. The molecule has 0 radical (unpaired) electrons. The summed E-state index contributed by atoms with van der Waals surface area (Å²) >= 11 is 1.09. The molecule has 1 heterocycles. The topological polar surface area (TPSA) is 118 Å². The molecule has 0 aliphatic heterocycles. The smallest absolute Gasteiger partial charge is 0.335 e. The zero-order chi connectivity index (χ0) is 20.9. The second-order valence-corrected chi connectivity index (χ2v) is 11.3. The number of carboxylic acid groups (broad SMARTS) is 1. The predicted molar refractivity (Wildman–Crippen MR) is 109 cm³/mol. The normalized spacial score (nSPS) is 12.2. The first-order chi connectivity index (χ1) is 12.9. The molecule has 0 spiro atoms. The fraction of sp³-hybridized carbons (Fsp3) is 0.167. The lowest BCUT2D eigenvalue weighted by Gasteiger charge is -2.12. The summed E-state index contributed by atoms with van der Waals surface area (Å²) < 4.78 is 53.2. The van der Waals surface area contributed by atoms with Crippen LogP contribution in [0.3, 0.4) is 0 Å². The Balaban J connectivity index is 2.13. The molecule has 0 aliphatic rings. The molecule has 3 rings (SSSR count). The molecule has 0 unspecified atom stereocenters. The number of benzene rings is 2. The van der Waals surface area contributed by atoms with E-state index < -0.39 is 30.7 Å². The largest absolute Gasteiger partial charge is 0.478 e. The van der Waals surface area contributed by atoms with Gasteiger partial charge in [-0.15, -0.1) is 11.3 Å². The molecule has 148 valence electrons. The Kier molecular flexibility index (Phi) is 4.98. The van der Waals surface area contributed by atoms with Crippen molar-refractivity contribution in [2.75, 3.05) is 11.0 Å². The summed E-state index contributed by atoms with van der Waals surface area (Å²) in [7, 11) is -7.95. The monoisotopic (exact) mass is 439 g/mol. The first kappa shape index (κ1) is 20.3. The van der Waals surface area contributed by atoms with Crippen LogP contribution in [-0.4, -0.2) is 34.2 Å². The molecule has 2 N–H and O–H groups in total. The molecule has 7 nitrogen and oxygen atoms in total. The van der Waals surface area contributed by atoms with Gasteiger partial charge < -0.3 is 5.11 Å². The average molecular weight is 440 g/mol. The van der Waals surface area contributed by atoms with Gasteiger partial charge in [0, 0.05) is 11.0 Å². The third kappa shape index (κ3) is 3.75. The van der Waals surface area contributed by atoms with Gasteiger partial charge in [-0.1, -0.05) is 17.7 Å². The zero-order valence-corrected chi connectivity index (χ0v) is 17.6. The number of fused-ring (bicyclic) bond motifs is 1. The number of aryl methyl sites for hydroxylation is 2. The third-order valence-electron chi connectivity index (χ3n) is 4.16. The Morgan fingerprint density at radius 1 is 1.04 bits per heavy atom. The molecule has 0 bridgehead atoms. The Labute approximate surface area is 166 Å². The van der Waals surface area contributed by atoms with Crippen LogP contribution in [0, 0.1) is 13.8 Å². The van der Waals surface area contributed by atoms with E-state index in [1.807, 2.05) is 25.1 Å². The van der Waals surface area contributed by atoms with E-state index in [1.165, 1.54) is 0 Å². The van der Waals surface area contributed by atoms with Crippen molar-refractivity contribution < 1.29 is 26.7 Å². The van der Waals surface area contributed by atoms with Crippen molar-refractivity contribution in [2.45, 2.75) is 23.0 Å². The standard InChI is InChI=1S/C18H17NO6S3/c1-10-4-7-15-13(8-10)11(2)18(26-15)28(24,25)19-14-6-5-12(17(20)21)9-16(14)27(3,22)23/h4-9,19H,1-3H3,(H,20,21). The molecule has 0 amide bonds. The van der Waals surface area contributed by atoms with Crippen molar-refractivity contribution in [3.05, 3.63) is 53.1 Å². The van der Waals surface area contributed by atoms with Crippen molar-refractivity contribution >= 4 is 52.9 Å². The van der Waals surface area contributed by atoms with Gasteiger partial charge in [0.2, 0.25) is 0 Å². The Morgan fingerprint density at radius 2 is 1.71 bits per heavy atom. The van der Waals surface area contributed by atoms with Crippen LogP contribution < -0.4 is 4.72 Å². The van der Waals surface area contributed by atoms with E-state index in [-0.39, 0.29) is 15.5 Å². The summed E-state index contributed by atoms with van der Waals surface area (Å²) in [6.07, 6.45) is 0.888. The maximum atomic E-state index is 13.0. The summed E-state index contributed by atoms with van der Waals surface area (Å²) in [5.74, 6) is -1.31. The van der Waals surface area contributed by atoms with Crippen LogP contribution in [0.5, 0.6) is 0 Å². The van der Waals surface area contributed by atoms with Crippen molar-refractivity contribution in [3.63, 3.8) is 0 Å². The second-order valence-electron chi connectivity index (χ2n) is 6.41. The summed E-state index contributed by atoms with van der Waals surface area (Å²) in [5, 5.41) is 9.90. The molecule has 0 atom stereocenters. The lowest BCUT2D eigenvalue weighted by molar-refractivity contribution is 0.0696. The van der Waals surface area contributed by atoms with E-state index in [0.29, 0.717) is 5.56 Å². The van der Waals surface area contributed by atoms with Crippen LogP contribution >= 0.6 is 11.3 Å². The van der Waals surface area contributed by atoms with Gasteiger partial charge in [0.1, 0.15) is 4.21 Å². The SMILES string of the molecule is Cc1ccc2sc(S(=O)(=O)Nc3ccc(C(=O)O)cc3S(C)(=O)=O)c(C)c2c1. The van der Waals surface area contributed by atoms with E-state index in [1.54, 1.807) is 6.92 Å². The zero-order valence-electron chi connectivity index (χ0n) is 15.2. The highest BCUT2D eigenvalue weighted by Gasteiger charge is 2.25. The van der Waals surface area contributed by atoms with Gasteiger partial charge in [-0.25, -0.2) is 21.6 Å². The highest BCUT2D eigenvalue weighted by Crippen LogP contribution is 2.36. The summed E-state index contributed by atoms with van der Waals surface area (Å²) in [5.41, 5.74) is 1.12. The van der Waals surface area contributed by atoms with Crippen LogP contribution in [-0.2, 0) is 19.9 Å². The van der Waals surface area contributed by atoms with Crippen LogP contribution in [0.15, 0.2) is 45.5 Å². The molecule has 10 heteroatoms. The average Bonchev–Trinajstić information content (AvgIpc) is 2.91. The molecule has 1 aromatic heterocycles. The number of carbonyl (C=O) groups is 1. The number of carboxylic acids is 1. The molecule has 3 aromatic rings. The summed E-state index contributed by atoms with van der Waals surface area (Å²) in [6.45, 7) is 3.60. The van der Waals surface area contributed by atoms with Crippen LogP contribution in [0.2, 0.25) is 0 Å². The van der Waals surface area contributed by atoms with Crippen LogP contribution in [0.1, 0.15) is 21.5 Å². The third-order valence-corrected chi connectivity index (χ3v) is 8.56. The first-order valence-electron chi connectivity index (χ1n) is 8.00. The Hall–Kier alpha value is -2.43. The number of sulfone groups is 1. The highest BCUT2D eigenvalue weighted by molar-refractivity contribution is 7.95. The van der Waals surface area contributed by atoms with Crippen molar-refractivity contribution in [1.82, 2.24) is 0 Å². The van der Waals surface area contributed by atoms with E-state index in [4.69, 9.17) is 5.11 Å². The number of hydrogen-bond acceptors (Lipinski definition) is 6. The number of thiophene rings is 1. The molecule has 2 aromatic carbocycles. The van der Waals surface area contributed by atoms with Gasteiger partial charge in [-0.3, -0.25) is 4.72 Å². The molecular weight excluding hydrogens is 422 g/mol. The molecule has 0 saturated heterocycles. The lowest BCUT2D eigenvalue weighted by Crippen LogP contribution is -2.15.